The molecule has 0 bridgehead atoms. The van der Waals surface area contributed by atoms with Crippen molar-refractivity contribution in [2.75, 3.05) is 6.61 Å². The number of benzene rings is 1. The van der Waals surface area contributed by atoms with Crippen molar-refractivity contribution in [3.8, 4) is 0 Å². The van der Waals surface area contributed by atoms with E-state index in [9.17, 15) is 31.1 Å². The minimum atomic E-state index is -4.86. The summed E-state index contributed by atoms with van der Waals surface area (Å²) in [6.45, 7) is 1.85. The average Bonchev–Trinajstić information content (AvgIpc) is 2.62. The maximum absolute atomic E-state index is 12.8. The number of hydrogen-bond donors (Lipinski definition) is 1. The molecule has 0 saturated carbocycles. The Kier molecular flexibility index (Phi) is 10.1. The van der Waals surface area contributed by atoms with Crippen molar-refractivity contribution >= 4 is 5.91 Å². The lowest BCUT2D eigenvalue weighted by atomic mass is 10.1. The standard InChI is InChI=1S/C21H25F6NO2/c1-15(8-6-9-19(28)29)7-4-2-3-5-10-30-14-16-11-17(20(22,23)24)13-18(12-16)21(25,26)27/h6,8-9,11-13H,2-5,7,10,14H2,1H3,(H2,28,29). The number of rotatable bonds is 11. The van der Waals surface area contributed by atoms with Gasteiger partial charge in [0.1, 0.15) is 0 Å². The number of halogens is 6. The Morgan fingerprint density at radius 2 is 1.53 bits per heavy atom. The van der Waals surface area contributed by atoms with Crippen molar-refractivity contribution < 1.29 is 35.9 Å². The van der Waals surface area contributed by atoms with Crippen LogP contribution in [-0.2, 0) is 28.5 Å². The molecule has 1 aromatic rings. The lowest BCUT2D eigenvalue weighted by Gasteiger charge is -2.14. The molecule has 3 nitrogen and oxygen atoms in total. The first-order valence-electron chi connectivity index (χ1n) is 9.39. The molecule has 2 N–H and O–H groups in total. The highest BCUT2D eigenvalue weighted by molar-refractivity contribution is 5.85. The van der Waals surface area contributed by atoms with Crippen LogP contribution < -0.4 is 5.73 Å². The van der Waals surface area contributed by atoms with E-state index in [1.807, 2.05) is 6.92 Å². The Bertz CT molecular complexity index is 719. The van der Waals surface area contributed by atoms with Gasteiger partial charge in [0.15, 0.2) is 0 Å². The van der Waals surface area contributed by atoms with Gasteiger partial charge in [0.05, 0.1) is 17.7 Å². The van der Waals surface area contributed by atoms with E-state index in [1.54, 1.807) is 12.2 Å². The van der Waals surface area contributed by atoms with Crippen LogP contribution in [0.2, 0.25) is 0 Å². The summed E-state index contributed by atoms with van der Waals surface area (Å²) in [6.07, 6.45) is -0.948. The van der Waals surface area contributed by atoms with Crippen LogP contribution in [0, 0.1) is 0 Å². The minimum absolute atomic E-state index is 0.101. The summed E-state index contributed by atoms with van der Waals surface area (Å²) in [7, 11) is 0. The van der Waals surface area contributed by atoms with Crippen LogP contribution in [0.5, 0.6) is 0 Å². The van der Waals surface area contributed by atoms with Gasteiger partial charge >= 0.3 is 12.4 Å². The summed E-state index contributed by atoms with van der Waals surface area (Å²) in [5, 5.41) is 0. The molecule has 0 atom stereocenters. The molecular formula is C21H25F6NO2. The zero-order chi connectivity index (χ0) is 22.8. The van der Waals surface area contributed by atoms with E-state index in [0.29, 0.717) is 18.6 Å². The highest BCUT2D eigenvalue weighted by Gasteiger charge is 2.36. The van der Waals surface area contributed by atoms with Crippen LogP contribution in [0.3, 0.4) is 0 Å². The SMILES string of the molecule is CC(=CC=CC(N)=O)CCCCCCOCc1cc(C(F)(F)F)cc(C(F)(F)F)c1. The van der Waals surface area contributed by atoms with Crippen molar-refractivity contribution in [2.45, 2.75) is 58.0 Å². The minimum Gasteiger partial charge on any atom is -0.377 e. The number of carbonyl (C=O) groups is 1. The van der Waals surface area contributed by atoms with Crippen LogP contribution in [0.25, 0.3) is 0 Å². The van der Waals surface area contributed by atoms with Crippen LogP contribution in [0.15, 0.2) is 42.0 Å². The second kappa shape index (κ2) is 11.8. The molecule has 9 heteroatoms. The number of unbranched alkanes of at least 4 members (excludes halogenated alkanes) is 3. The predicted octanol–water partition coefficient (Wildman–Crippen LogP) is 6.18. The molecule has 0 aliphatic heterocycles. The number of ether oxygens (including phenoxy) is 1. The van der Waals surface area contributed by atoms with Gasteiger partial charge in [-0.2, -0.15) is 26.3 Å². The number of hydrogen-bond acceptors (Lipinski definition) is 2. The number of nitrogens with two attached hydrogens (primary N) is 1. The van der Waals surface area contributed by atoms with Gasteiger partial charge < -0.3 is 10.5 Å². The van der Waals surface area contributed by atoms with Crippen molar-refractivity contribution in [2.24, 2.45) is 5.73 Å². The van der Waals surface area contributed by atoms with E-state index < -0.39 is 29.4 Å². The Balaban J connectivity index is 2.38. The molecule has 0 unspecified atom stereocenters. The normalized spacial score (nSPS) is 13.2. The van der Waals surface area contributed by atoms with Crippen molar-refractivity contribution in [3.63, 3.8) is 0 Å². The van der Waals surface area contributed by atoms with Gasteiger partial charge in [0, 0.05) is 12.7 Å². The first kappa shape index (κ1) is 25.7. The molecule has 168 valence electrons. The number of allylic oxidation sites excluding steroid dienone is 3. The van der Waals surface area contributed by atoms with Gasteiger partial charge in [-0.1, -0.05) is 30.6 Å². The number of amides is 1. The number of alkyl halides is 6. The van der Waals surface area contributed by atoms with Gasteiger partial charge in [0.2, 0.25) is 5.91 Å². The molecule has 0 aliphatic carbocycles. The van der Waals surface area contributed by atoms with Gasteiger partial charge in [-0.3, -0.25) is 4.79 Å². The smallest absolute Gasteiger partial charge is 0.377 e. The summed E-state index contributed by atoms with van der Waals surface area (Å²) in [6, 6.07) is 1.46. The quantitative estimate of drug-likeness (QED) is 0.195. The third kappa shape index (κ3) is 10.5. The van der Waals surface area contributed by atoms with E-state index in [2.05, 4.69) is 0 Å². The van der Waals surface area contributed by atoms with Crippen LogP contribution in [-0.4, -0.2) is 12.5 Å². The monoisotopic (exact) mass is 437 g/mol. The van der Waals surface area contributed by atoms with Crippen LogP contribution >= 0.6 is 0 Å². The summed E-state index contributed by atoms with van der Waals surface area (Å²) >= 11 is 0. The molecule has 0 heterocycles. The second-order valence-corrected chi connectivity index (χ2v) is 6.91. The van der Waals surface area contributed by atoms with Gasteiger partial charge in [-0.05, 0) is 49.9 Å². The van der Waals surface area contributed by atoms with E-state index in [1.165, 1.54) is 6.08 Å². The summed E-state index contributed by atoms with van der Waals surface area (Å²) in [5.74, 6) is -0.515. The molecule has 30 heavy (non-hydrogen) atoms. The molecule has 1 aromatic carbocycles. The van der Waals surface area contributed by atoms with Crippen molar-refractivity contribution in [3.05, 3.63) is 58.7 Å². The van der Waals surface area contributed by atoms with E-state index in [4.69, 9.17) is 10.5 Å². The first-order chi connectivity index (χ1) is 13.9. The van der Waals surface area contributed by atoms with E-state index in [0.717, 1.165) is 31.3 Å². The highest BCUT2D eigenvalue weighted by Crippen LogP contribution is 2.36. The molecule has 1 rings (SSSR count). The van der Waals surface area contributed by atoms with Gasteiger partial charge in [0.25, 0.3) is 0 Å². The molecule has 0 fully saturated rings. The Morgan fingerprint density at radius 3 is 2.07 bits per heavy atom. The van der Waals surface area contributed by atoms with Crippen LogP contribution in [0.4, 0.5) is 26.3 Å². The second-order valence-electron chi connectivity index (χ2n) is 6.91. The first-order valence-corrected chi connectivity index (χ1v) is 9.39. The Morgan fingerprint density at radius 1 is 0.967 bits per heavy atom. The average molecular weight is 437 g/mol. The molecule has 0 spiro atoms. The fourth-order valence-corrected chi connectivity index (χ4v) is 2.64. The third-order valence-corrected chi connectivity index (χ3v) is 4.17. The van der Waals surface area contributed by atoms with Crippen molar-refractivity contribution in [1.82, 2.24) is 0 Å². The van der Waals surface area contributed by atoms with Crippen LogP contribution in [0.1, 0.15) is 55.7 Å². The lowest BCUT2D eigenvalue weighted by Crippen LogP contribution is -2.12. The Labute approximate surface area is 171 Å². The number of carbonyl (C=O) groups excluding carboxylic acids is 1. The molecule has 0 aromatic heterocycles. The summed E-state index contributed by atoms with van der Waals surface area (Å²) in [4.78, 5) is 10.6. The van der Waals surface area contributed by atoms with E-state index >= 15 is 0 Å². The van der Waals surface area contributed by atoms with E-state index in [-0.39, 0.29) is 24.8 Å². The predicted molar refractivity (Wildman–Crippen MR) is 101 cm³/mol. The zero-order valence-corrected chi connectivity index (χ0v) is 16.6. The topological polar surface area (TPSA) is 52.3 Å². The van der Waals surface area contributed by atoms with Crippen molar-refractivity contribution in [1.29, 1.82) is 0 Å². The fraction of sp³-hybridized carbons (Fsp3) is 0.476. The molecule has 0 aliphatic rings. The molecular weight excluding hydrogens is 412 g/mol. The molecule has 1 amide bonds. The lowest BCUT2D eigenvalue weighted by molar-refractivity contribution is -0.143. The maximum atomic E-state index is 12.8. The highest BCUT2D eigenvalue weighted by atomic mass is 19.4. The van der Waals surface area contributed by atoms with Gasteiger partial charge in [-0.25, -0.2) is 0 Å². The summed E-state index contributed by atoms with van der Waals surface area (Å²) in [5.41, 5.74) is 3.22. The number of primary amides is 1. The largest absolute Gasteiger partial charge is 0.416 e. The Hall–Kier alpha value is -2.29. The fourth-order valence-electron chi connectivity index (χ4n) is 2.64. The maximum Gasteiger partial charge on any atom is 0.416 e. The molecule has 0 radical (unpaired) electrons. The summed E-state index contributed by atoms with van der Waals surface area (Å²) < 4.78 is 82.2. The van der Waals surface area contributed by atoms with Gasteiger partial charge in [-0.15, -0.1) is 0 Å². The zero-order valence-electron chi connectivity index (χ0n) is 16.6. The molecule has 0 saturated heterocycles. The third-order valence-electron chi connectivity index (χ3n) is 4.17.